The fraction of sp³-hybridized carbons (Fsp3) is 0.278. The van der Waals surface area contributed by atoms with Gasteiger partial charge in [-0.15, -0.1) is 12.4 Å². The van der Waals surface area contributed by atoms with Crippen molar-refractivity contribution in [3.8, 4) is 0 Å². The molecule has 0 saturated heterocycles. The Labute approximate surface area is 153 Å². The van der Waals surface area contributed by atoms with Gasteiger partial charge >= 0.3 is 0 Å². The third-order valence-electron chi connectivity index (χ3n) is 3.22. The summed E-state index contributed by atoms with van der Waals surface area (Å²) < 4.78 is 4.93. The molecule has 0 aliphatic rings. The molecule has 130 valence electrons. The number of nitrogens with one attached hydrogen (secondary N) is 2. The number of ether oxygens (including phenoxy) is 1. The molecule has 0 unspecified atom stereocenters. The Morgan fingerprint density at radius 2 is 1.88 bits per heavy atom. The molecule has 0 atom stereocenters. The SMILES string of the molecule is COCCNCC(=O)Nc1ccc(Sc2ccccc2)cc1C.Cl. The first-order valence-electron chi connectivity index (χ1n) is 7.52. The molecule has 0 aliphatic carbocycles. The van der Waals surface area contributed by atoms with Crippen LogP contribution in [0.1, 0.15) is 5.56 Å². The molecule has 2 aromatic rings. The molecule has 0 radical (unpaired) electrons. The summed E-state index contributed by atoms with van der Waals surface area (Å²) in [5, 5.41) is 5.96. The van der Waals surface area contributed by atoms with E-state index in [1.165, 1.54) is 4.90 Å². The molecule has 0 saturated carbocycles. The first-order chi connectivity index (χ1) is 11.2. The van der Waals surface area contributed by atoms with Crippen LogP contribution in [0.2, 0.25) is 0 Å². The van der Waals surface area contributed by atoms with Crippen molar-refractivity contribution in [2.24, 2.45) is 0 Å². The second-order valence-electron chi connectivity index (χ2n) is 5.11. The van der Waals surface area contributed by atoms with Crippen molar-refractivity contribution in [1.29, 1.82) is 0 Å². The van der Waals surface area contributed by atoms with Crippen LogP contribution in [0.5, 0.6) is 0 Å². The summed E-state index contributed by atoms with van der Waals surface area (Å²) in [5.74, 6) is -0.0485. The Hall–Kier alpha value is -1.53. The maximum Gasteiger partial charge on any atom is 0.238 e. The van der Waals surface area contributed by atoms with E-state index in [4.69, 9.17) is 4.74 Å². The topological polar surface area (TPSA) is 50.4 Å². The van der Waals surface area contributed by atoms with E-state index in [1.54, 1.807) is 18.9 Å². The molecule has 0 heterocycles. The number of amides is 1. The molecular formula is C18H23ClN2O2S. The van der Waals surface area contributed by atoms with E-state index in [0.29, 0.717) is 13.2 Å². The average molecular weight is 367 g/mol. The van der Waals surface area contributed by atoms with Crippen molar-refractivity contribution in [3.05, 3.63) is 54.1 Å². The highest BCUT2D eigenvalue weighted by Gasteiger charge is 2.06. The fourth-order valence-electron chi connectivity index (χ4n) is 2.04. The maximum atomic E-state index is 11.9. The monoisotopic (exact) mass is 366 g/mol. The van der Waals surface area contributed by atoms with E-state index in [9.17, 15) is 4.79 Å². The van der Waals surface area contributed by atoms with Crippen LogP contribution in [-0.2, 0) is 9.53 Å². The number of hydrogen-bond donors (Lipinski definition) is 2. The van der Waals surface area contributed by atoms with Crippen molar-refractivity contribution >= 4 is 35.8 Å². The number of halogens is 1. The van der Waals surface area contributed by atoms with Gasteiger partial charge in [-0.2, -0.15) is 0 Å². The smallest absolute Gasteiger partial charge is 0.238 e. The van der Waals surface area contributed by atoms with Crippen LogP contribution in [-0.4, -0.2) is 32.7 Å². The molecule has 2 aromatic carbocycles. The van der Waals surface area contributed by atoms with Gasteiger partial charge in [0.15, 0.2) is 0 Å². The maximum absolute atomic E-state index is 11.9. The van der Waals surface area contributed by atoms with Gasteiger partial charge in [-0.1, -0.05) is 30.0 Å². The summed E-state index contributed by atoms with van der Waals surface area (Å²) in [7, 11) is 1.64. The van der Waals surface area contributed by atoms with Crippen LogP contribution >= 0.6 is 24.2 Å². The number of carbonyl (C=O) groups excluding carboxylic acids is 1. The molecule has 4 nitrogen and oxygen atoms in total. The Balaban J connectivity index is 0.00000288. The Bertz CT molecular complexity index is 638. The lowest BCUT2D eigenvalue weighted by atomic mass is 10.2. The van der Waals surface area contributed by atoms with Crippen molar-refractivity contribution in [2.45, 2.75) is 16.7 Å². The fourth-order valence-corrected chi connectivity index (χ4v) is 2.97. The minimum atomic E-state index is -0.0485. The van der Waals surface area contributed by atoms with Crippen molar-refractivity contribution in [3.63, 3.8) is 0 Å². The highest BCUT2D eigenvalue weighted by molar-refractivity contribution is 7.99. The molecular weight excluding hydrogens is 344 g/mol. The van der Waals surface area contributed by atoms with Crippen molar-refractivity contribution < 1.29 is 9.53 Å². The molecule has 0 bridgehead atoms. The minimum absolute atomic E-state index is 0. The number of methoxy groups -OCH3 is 1. The zero-order valence-electron chi connectivity index (χ0n) is 13.9. The highest BCUT2D eigenvalue weighted by Crippen LogP contribution is 2.30. The third-order valence-corrected chi connectivity index (χ3v) is 4.22. The van der Waals surface area contributed by atoms with E-state index in [0.717, 1.165) is 16.1 Å². The standard InChI is InChI=1S/C18H22N2O2S.ClH/c1-14-12-16(23-15-6-4-3-5-7-15)8-9-17(14)20-18(21)13-19-10-11-22-2;/h3-9,12,19H,10-11,13H2,1-2H3,(H,20,21);1H. The quantitative estimate of drug-likeness (QED) is 0.699. The third kappa shape index (κ3) is 6.93. The molecule has 0 aliphatic heterocycles. The summed E-state index contributed by atoms with van der Waals surface area (Å²) >= 11 is 1.71. The van der Waals surface area contributed by atoms with E-state index in [-0.39, 0.29) is 24.9 Å². The number of rotatable bonds is 8. The van der Waals surface area contributed by atoms with Gasteiger partial charge in [-0.25, -0.2) is 0 Å². The van der Waals surface area contributed by atoms with Crippen LogP contribution < -0.4 is 10.6 Å². The molecule has 6 heteroatoms. The molecule has 1 amide bonds. The summed E-state index contributed by atoms with van der Waals surface area (Å²) in [6, 6.07) is 16.3. The molecule has 0 aromatic heterocycles. The summed E-state index contributed by atoms with van der Waals surface area (Å²) in [6.07, 6.45) is 0. The van der Waals surface area contributed by atoms with E-state index >= 15 is 0 Å². The summed E-state index contributed by atoms with van der Waals surface area (Å²) in [6.45, 7) is 3.54. The lowest BCUT2D eigenvalue weighted by Gasteiger charge is -2.11. The first kappa shape index (κ1) is 20.5. The van der Waals surface area contributed by atoms with Crippen LogP contribution in [0.3, 0.4) is 0 Å². The summed E-state index contributed by atoms with van der Waals surface area (Å²) in [4.78, 5) is 14.2. The zero-order chi connectivity index (χ0) is 16.5. The van der Waals surface area contributed by atoms with Crippen molar-refractivity contribution in [1.82, 2.24) is 5.32 Å². The first-order valence-corrected chi connectivity index (χ1v) is 8.34. The average Bonchev–Trinajstić information content (AvgIpc) is 2.55. The second-order valence-corrected chi connectivity index (χ2v) is 6.26. The van der Waals surface area contributed by atoms with Crippen LogP contribution in [0.25, 0.3) is 0 Å². The predicted molar refractivity (Wildman–Crippen MR) is 102 cm³/mol. The van der Waals surface area contributed by atoms with Gasteiger partial charge in [0, 0.05) is 29.1 Å². The van der Waals surface area contributed by atoms with Gasteiger partial charge in [0.05, 0.1) is 13.2 Å². The number of aryl methyl sites for hydroxylation is 1. The van der Waals surface area contributed by atoms with Gasteiger partial charge in [0.2, 0.25) is 5.91 Å². The molecule has 0 spiro atoms. The van der Waals surface area contributed by atoms with Gasteiger partial charge in [-0.05, 0) is 42.8 Å². The molecule has 2 N–H and O–H groups in total. The van der Waals surface area contributed by atoms with E-state index in [2.05, 4.69) is 28.8 Å². The van der Waals surface area contributed by atoms with E-state index in [1.807, 2.05) is 37.3 Å². The van der Waals surface area contributed by atoms with Gasteiger partial charge in [-0.3, -0.25) is 4.79 Å². The summed E-state index contributed by atoms with van der Waals surface area (Å²) in [5.41, 5.74) is 1.90. The normalized spacial score (nSPS) is 10.1. The number of carbonyl (C=O) groups is 1. The zero-order valence-corrected chi connectivity index (χ0v) is 15.5. The molecule has 24 heavy (non-hydrogen) atoms. The highest BCUT2D eigenvalue weighted by atomic mass is 35.5. The largest absolute Gasteiger partial charge is 0.383 e. The lowest BCUT2D eigenvalue weighted by molar-refractivity contribution is -0.115. The lowest BCUT2D eigenvalue weighted by Crippen LogP contribution is -2.30. The van der Waals surface area contributed by atoms with Gasteiger partial charge in [0.25, 0.3) is 0 Å². The number of hydrogen-bond acceptors (Lipinski definition) is 4. The Morgan fingerprint density at radius 1 is 1.12 bits per heavy atom. The molecule has 0 fully saturated rings. The number of anilines is 1. The molecule has 2 rings (SSSR count). The van der Waals surface area contributed by atoms with E-state index < -0.39 is 0 Å². The van der Waals surface area contributed by atoms with Crippen LogP contribution in [0.4, 0.5) is 5.69 Å². The van der Waals surface area contributed by atoms with Crippen LogP contribution in [0.15, 0.2) is 58.3 Å². The van der Waals surface area contributed by atoms with Gasteiger partial charge in [0.1, 0.15) is 0 Å². The Kier molecular flexibility index (Phi) is 9.49. The second kappa shape index (κ2) is 11.1. The number of benzene rings is 2. The van der Waals surface area contributed by atoms with Crippen LogP contribution in [0, 0.1) is 6.92 Å². The predicted octanol–water partition coefficient (Wildman–Crippen LogP) is 3.74. The van der Waals surface area contributed by atoms with Gasteiger partial charge < -0.3 is 15.4 Å². The minimum Gasteiger partial charge on any atom is -0.383 e. The Morgan fingerprint density at radius 3 is 2.54 bits per heavy atom. The van der Waals surface area contributed by atoms with Crippen molar-refractivity contribution in [2.75, 3.05) is 32.1 Å².